The number of hydrogen-bond acceptors (Lipinski definition) is 3. The van der Waals surface area contributed by atoms with Crippen LogP contribution in [0.3, 0.4) is 0 Å². The average Bonchev–Trinajstić information content (AvgIpc) is 3.23. The van der Waals surface area contributed by atoms with Gasteiger partial charge in [0, 0.05) is 35.0 Å². The molecule has 0 aliphatic carbocycles. The highest BCUT2D eigenvalue weighted by molar-refractivity contribution is 6.33. The third-order valence-electron chi connectivity index (χ3n) is 5.32. The third-order valence-corrected chi connectivity index (χ3v) is 5.85. The monoisotopic (exact) mass is 514 g/mol. The zero-order valence-electron chi connectivity index (χ0n) is 18.5. The molecule has 0 radical (unpaired) electrons. The predicted octanol–water partition coefficient (Wildman–Crippen LogP) is 6.74. The van der Waals surface area contributed by atoms with Crippen molar-refractivity contribution in [3.63, 3.8) is 0 Å². The first-order valence-electron chi connectivity index (χ1n) is 10.3. The minimum Gasteiger partial charge on any atom is -0.307 e. The van der Waals surface area contributed by atoms with E-state index in [1.165, 1.54) is 17.8 Å². The van der Waals surface area contributed by atoms with Crippen molar-refractivity contribution in [2.75, 3.05) is 12.4 Å². The van der Waals surface area contributed by atoms with Gasteiger partial charge in [-0.15, -0.1) is 0 Å². The Morgan fingerprint density at radius 1 is 1.03 bits per heavy atom. The lowest BCUT2D eigenvalue weighted by atomic mass is 10.1. The van der Waals surface area contributed by atoms with Gasteiger partial charge in [-0.05, 0) is 31.2 Å². The normalized spacial score (nSPS) is 10.8. The Labute approximate surface area is 209 Å². The molecule has 0 unspecified atom stereocenters. The summed E-state index contributed by atoms with van der Waals surface area (Å²) in [7, 11) is 1.13. The Morgan fingerprint density at radius 2 is 1.69 bits per heavy atom. The van der Waals surface area contributed by atoms with Crippen LogP contribution in [0, 0.1) is 18.6 Å². The van der Waals surface area contributed by atoms with Crippen molar-refractivity contribution in [1.29, 1.82) is 0 Å². The standard InChI is InChI=1S/C25H18Cl2F2N4O2/c1-14-20(33-13-18(27)23(31-33)15-8-10-16(26)11-9-15)12-19(28)21(22(14)29)24(34)32(2)25(35)30-17-6-4-3-5-7-17/h3-13H,1-2H3,(H,30,35). The van der Waals surface area contributed by atoms with Crippen molar-refractivity contribution in [1.82, 2.24) is 14.7 Å². The van der Waals surface area contributed by atoms with Gasteiger partial charge in [-0.2, -0.15) is 5.10 Å². The van der Waals surface area contributed by atoms with E-state index in [4.69, 9.17) is 23.2 Å². The highest BCUT2D eigenvalue weighted by Gasteiger charge is 2.28. The molecule has 0 bridgehead atoms. The number of carbonyl (C=O) groups excluding carboxylic acids is 2. The Kier molecular flexibility index (Phi) is 6.86. The molecule has 1 aromatic heterocycles. The van der Waals surface area contributed by atoms with Gasteiger partial charge in [0.2, 0.25) is 0 Å². The number of benzene rings is 3. The summed E-state index contributed by atoms with van der Waals surface area (Å²) in [5.74, 6) is -3.39. The summed E-state index contributed by atoms with van der Waals surface area (Å²) in [5, 5.41) is 7.64. The molecule has 0 aliphatic heterocycles. The first-order valence-corrected chi connectivity index (χ1v) is 11.1. The fraction of sp³-hybridized carbons (Fsp3) is 0.0800. The Morgan fingerprint density at radius 3 is 2.34 bits per heavy atom. The summed E-state index contributed by atoms with van der Waals surface area (Å²) in [5.41, 5.74) is 0.629. The summed E-state index contributed by atoms with van der Waals surface area (Å²) < 4.78 is 31.6. The molecule has 0 atom stereocenters. The molecule has 0 spiro atoms. The van der Waals surface area contributed by atoms with Crippen LogP contribution in [0.1, 0.15) is 15.9 Å². The van der Waals surface area contributed by atoms with Gasteiger partial charge in [-0.3, -0.25) is 9.69 Å². The smallest absolute Gasteiger partial charge is 0.307 e. The van der Waals surface area contributed by atoms with E-state index < -0.39 is 29.1 Å². The minimum atomic E-state index is -1.15. The molecule has 1 N–H and O–H groups in total. The molecule has 3 aromatic carbocycles. The summed E-state index contributed by atoms with van der Waals surface area (Å²) >= 11 is 12.2. The van der Waals surface area contributed by atoms with Gasteiger partial charge in [0.15, 0.2) is 0 Å². The van der Waals surface area contributed by atoms with Crippen molar-refractivity contribution in [3.8, 4) is 16.9 Å². The lowest BCUT2D eigenvalue weighted by Crippen LogP contribution is -2.37. The number of imide groups is 1. The number of nitrogens with zero attached hydrogens (tertiary/aromatic N) is 3. The highest BCUT2D eigenvalue weighted by atomic mass is 35.5. The van der Waals surface area contributed by atoms with Crippen molar-refractivity contribution in [3.05, 3.63) is 99.7 Å². The van der Waals surface area contributed by atoms with Crippen LogP contribution in [0.5, 0.6) is 0 Å². The van der Waals surface area contributed by atoms with Gasteiger partial charge in [0.1, 0.15) is 22.9 Å². The number of carbonyl (C=O) groups is 2. The number of aromatic nitrogens is 2. The van der Waals surface area contributed by atoms with Gasteiger partial charge < -0.3 is 5.32 Å². The number of halogens is 4. The van der Waals surface area contributed by atoms with Gasteiger partial charge in [0.25, 0.3) is 5.91 Å². The van der Waals surface area contributed by atoms with Crippen LogP contribution < -0.4 is 5.32 Å². The number of hydrogen-bond donors (Lipinski definition) is 1. The van der Waals surface area contributed by atoms with Crippen LogP contribution in [-0.2, 0) is 0 Å². The molecule has 1 heterocycles. The molecule has 6 nitrogen and oxygen atoms in total. The fourth-order valence-corrected chi connectivity index (χ4v) is 3.77. The van der Waals surface area contributed by atoms with E-state index in [1.807, 2.05) is 0 Å². The van der Waals surface area contributed by atoms with E-state index in [-0.39, 0.29) is 16.3 Å². The number of anilines is 1. The second kappa shape index (κ2) is 9.85. The predicted molar refractivity (Wildman–Crippen MR) is 131 cm³/mol. The zero-order valence-corrected chi connectivity index (χ0v) is 20.0. The number of nitrogens with one attached hydrogen (secondary N) is 1. The van der Waals surface area contributed by atoms with E-state index in [9.17, 15) is 9.59 Å². The lowest BCUT2D eigenvalue weighted by molar-refractivity contribution is 0.0831. The van der Waals surface area contributed by atoms with Gasteiger partial charge in [0.05, 0.1) is 16.9 Å². The molecule has 0 fully saturated rings. The van der Waals surface area contributed by atoms with E-state index in [2.05, 4.69) is 10.4 Å². The number of urea groups is 1. The molecule has 35 heavy (non-hydrogen) atoms. The lowest BCUT2D eigenvalue weighted by Gasteiger charge is -2.18. The van der Waals surface area contributed by atoms with Crippen molar-refractivity contribution < 1.29 is 18.4 Å². The van der Waals surface area contributed by atoms with Crippen LogP contribution in [0.25, 0.3) is 16.9 Å². The van der Waals surface area contributed by atoms with Crippen LogP contribution in [0.15, 0.2) is 66.9 Å². The molecule has 3 amide bonds. The Hall–Kier alpha value is -3.75. The van der Waals surface area contributed by atoms with Crippen molar-refractivity contribution in [2.45, 2.75) is 6.92 Å². The Balaban J connectivity index is 1.65. The second-order valence-corrected chi connectivity index (χ2v) is 8.47. The van der Waals surface area contributed by atoms with Crippen LogP contribution in [0.4, 0.5) is 19.3 Å². The maximum absolute atomic E-state index is 15.3. The molecule has 10 heteroatoms. The molecule has 4 aromatic rings. The van der Waals surface area contributed by atoms with Crippen LogP contribution in [-0.4, -0.2) is 33.7 Å². The van der Waals surface area contributed by atoms with Crippen molar-refractivity contribution >= 4 is 40.8 Å². The summed E-state index contributed by atoms with van der Waals surface area (Å²) in [6.07, 6.45) is 1.41. The number of rotatable bonds is 4. The molecule has 0 saturated carbocycles. The maximum Gasteiger partial charge on any atom is 0.328 e. The summed E-state index contributed by atoms with van der Waals surface area (Å²) in [4.78, 5) is 25.9. The summed E-state index contributed by atoms with van der Waals surface area (Å²) in [6, 6.07) is 15.3. The fourth-order valence-electron chi connectivity index (χ4n) is 3.41. The van der Waals surface area contributed by atoms with E-state index in [1.54, 1.807) is 54.6 Å². The molecular weight excluding hydrogens is 497 g/mol. The molecule has 178 valence electrons. The molecule has 0 saturated heterocycles. The molecule has 0 aliphatic rings. The van der Waals surface area contributed by atoms with E-state index in [0.29, 0.717) is 26.9 Å². The van der Waals surface area contributed by atoms with E-state index >= 15 is 8.78 Å². The number of para-hydroxylation sites is 1. The summed E-state index contributed by atoms with van der Waals surface area (Å²) in [6.45, 7) is 1.38. The average molecular weight is 515 g/mol. The zero-order chi connectivity index (χ0) is 25.3. The van der Waals surface area contributed by atoms with Crippen LogP contribution in [0.2, 0.25) is 10.0 Å². The first-order chi connectivity index (χ1) is 16.7. The molecular formula is C25H18Cl2F2N4O2. The minimum absolute atomic E-state index is 0.0477. The molecule has 4 rings (SSSR count). The third kappa shape index (κ3) is 4.89. The highest BCUT2D eigenvalue weighted by Crippen LogP contribution is 2.31. The van der Waals surface area contributed by atoms with Crippen molar-refractivity contribution in [2.24, 2.45) is 0 Å². The quantitative estimate of drug-likeness (QED) is 0.328. The number of amides is 3. The SMILES string of the molecule is Cc1c(-n2cc(Cl)c(-c3ccc(Cl)cc3)n2)cc(F)c(C(=O)N(C)C(=O)Nc2ccccc2)c1F. The van der Waals surface area contributed by atoms with Gasteiger partial charge in [-0.1, -0.05) is 53.5 Å². The first kappa shape index (κ1) is 24.4. The maximum atomic E-state index is 15.3. The Bertz CT molecular complexity index is 1420. The van der Waals surface area contributed by atoms with Crippen LogP contribution >= 0.6 is 23.2 Å². The second-order valence-electron chi connectivity index (χ2n) is 7.63. The topological polar surface area (TPSA) is 67.2 Å². The largest absolute Gasteiger partial charge is 0.328 e. The van der Waals surface area contributed by atoms with Gasteiger partial charge >= 0.3 is 6.03 Å². The van der Waals surface area contributed by atoms with E-state index in [0.717, 1.165) is 13.1 Å². The van der Waals surface area contributed by atoms with Gasteiger partial charge in [-0.25, -0.2) is 18.3 Å².